The number of hydrogen-bond donors (Lipinski definition) is 1. The van der Waals surface area contributed by atoms with E-state index in [1.54, 1.807) is 43.1 Å². The average Bonchev–Trinajstić information content (AvgIpc) is 3.65. The Bertz CT molecular complexity index is 1460. The quantitative estimate of drug-likeness (QED) is 0.426. The fourth-order valence-corrected chi connectivity index (χ4v) is 6.29. The number of halogens is 2. The number of ether oxygens (including phenoxy) is 2. The molecule has 0 bridgehead atoms. The molecule has 1 amide bonds. The molecule has 4 heterocycles. The summed E-state index contributed by atoms with van der Waals surface area (Å²) >= 11 is 0. The molecule has 3 atom stereocenters. The van der Waals surface area contributed by atoms with Crippen molar-refractivity contribution in [3.05, 3.63) is 59.8 Å². The molecule has 1 N–H and O–H groups in total. The van der Waals surface area contributed by atoms with E-state index < -0.39 is 34.1 Å². The minimum Gasteiger partial charge on any atom is -0.488 e. The number of anilines is 1. The highest BCUT2D eigenvalue weighted by Gasteiger charge is 2.36. The van der Waals surface area contributed by atoms with Crippen molar-refractivity contribution >= 4 is 27.5 Å². The van der Waals surface area contributed by atoms with E-state index in [-0.39, 0.29) is 37.9 Å². The second-order valence-electron chi connectivity index (χ2n) is 9.57. The van der Waals surface area contributed by atoms with Crippen LogP contribution in [0, 0.1) is 5.82 Å². The molecule has 10 nitrogen and oxygen atoms in total. The summed E-state index contributed by atoms with van der Waals surface area (Å²) in [5, 5.41) is 0. The molecular formula is C26H31F2N5O5S. The van der Waals surface area contributed by atoms with Gasteiger partial charge in [-0.25, -0.2) is 18.5 Å². The van der Waals surface area contributed by atoms with Crippen LogP contribution in [0.15, 0.2) is 42.7 Å². The molecule has 210 valence electrons. The summed E-state index contributed by atoms with van der Waals surface area (Å²) in [6.45, 7) is 4.83. The molecule has 2 fully saturated rings. The Kier molecular flexibility index (Phi) is 7.74. The first kappa shape index (κ1) is 27.3. The molecule has 39 heavy (non-hydrogen) atoms. The number of hydrogen-bond acceptors (Lipinski definition) is 7. The maximum atomic E-state index is 14.9. The third-order valence-corrected chi connectivity index (χ3v) is 8.72. The predicted octanol–water partition coefficient (Wildman–Crippen LogP) is 3.25. The molecular weight excluding hydrogens is 532 g/mol. The van der Waals surface area contributed by atoms with Gasteiger partial charge in [0.15, 0.2) is 0 Å². The highest BCUT2D eigenvalue weighted by Crippen LogP contribution is 2.42. The van der Waals surface area contributed by atoms with Gasteiger partial charge in [-0.3, -0.25) is 9.20 Å². The van der Waals surface area contributed by atoms with Gasteiger partial charge in [-0.1, -0.05) is 13.8 Å². The van der Waals surface area contributed by atoms with Gasteiger partial charge >= 0.3 is 10.2 Å². The predicted molar refractivity (Wildman–Crippen MR) is 140 cm³/mol. The number of aromatic nitrogens is 2. The van der Waals surface area contributed by atoms with Crippen molar-refractivity contribution in [3.63, 3.8) is 0 Å². The normalized spacial score (nSPS) is 21.7. The summed E-state index contributed by atoms with van der Waals surface area (Å²) < 4.78 is 70.6. The minimum absolute atomic E-state index is 0.00568. The monoisotopic (exact) mass is 563 g/mol. The van der Waals surface area contributed by atoms with E-state index in [1.807, 2.05) is 0 Å². The number of nitrogens with one attached hydrogen (secondary N) is 1. The number of benzene rings is 1. The molecule has 0 radical (unpaired) electrons. The summed E-state index contributed by atoms with van der Waals surface area (Å²) in [5.41, 5.74) is 1.50. The fraction of sp³-hybridized carbons (Fsp3) is 0.462. The third-order valence-electron chi connectivity index (χ3n) is 7.08. The van der Waals surface area contributed by atoms with Crippen LogP contribution in [0.25, 0.3) is 5.65 Å². The molecule has 0 aliphatic carbocycles. The summed E-state index contributed by atoms with van der Waals surface area (Å²) in [5.74, 6) is -0.824. The second kappa shape index (κ2) is 11.1. The van der Waals surface area contributed by atoms with Crippen molar-refractivity contribution in [2.75, 3.05) is 37.7 Å². The Labute approximate surface area is 225 Å². The van der Waals surface area contributed by atoms with E-state index in [4.69, 9.17) is 9.47 Å². The van der Waals surface area contributed by atoms with E-state index in [0.717, 1.165) is 4.31 Å². The fourth-order valence-electron chi connectivity index (χ4n) is 5.14. The maximum Gasteiger partial charge on any atom is 0.304 e. The number of amides is 1. The van der Waals surface area contributed by atoms with E-state index in [0.29, 0.717) is 42.3 Å². The van der Waals surface area contributed by atoms with Gasteiger partial charge in [-0.05, 0) is 30.3 Å². The SMILES string of the molecule is CCN(CC)S(=O)(=O)NC(=O)c1cnc2ccc(N3C[C@@H](F)C[C@@H]3c3cc(F)ccc3O[C@@H]3CCOC3)cn12. The lowest BCUT2D eigenvalue weighted by Gasteiger charge is -2.29. The molecule has 2 aliphatic rings. The maximum absolute atomic E-state index is 14.9. The Morgan fingerprint density at radius 2 is 2.05 bits per heavy atom. The van der Waals surface area contributed by atoms with Gasteiger partial charge < -0.3 is 14.4 Å². The van der Waals surface area contributed by atoms with Crippen LogP contribution in [0.4, 0.5) is 14.5 Å². The van der Waals surface area contributed by atoms with Crippen LogP contribution in [0.2, 0.25) is 0 Å². The molecule has 0 spiro atoms. The number of fused-ring (bicyclic) bond motifs is 1. The first-order valence-corrected chi connectivity index (χ1v) is 14.4. The van der Waals surface area contributed by atoms with Crippen LogP contribution in [0.3, 0.4) is 0 Å². The lowest BCUT2D eigenvalue weighted by Crippen LogP contribution is -2.43. The summed E-state index contributed by atoms with van der Waals surface area (Å²) in [6.07, 6.45) is 2.38. The van der Waals surface area contributed by atoms with Gasteiger partial charge in [0.2, 0.25) is 0 Å². The molecule has 5 rings (SSSR count). The van der Waals surface area contributed by atoms with Crippen LogP contribution in [0.1, 0.15) is 48.8 Å². The summed E-state index contributed by atoms with van der Waals surface area (Å²) in [7, 11) is -4.04. The van der Waals surface area contributed by atoms with E-state index in [2.05, 4.69) is 9.71 Å². The van der Waals surface area contributed by atoms with Crippen molar-refractivity contribution in [1.29, 1.82) is 0 Å². The molecule has 3 aromatic rings. The number of rotatable bonds is 9. The topological polar surface area (TPSA) is 105 Å². The highest BCUT2D eigenvalue weighted by molar-refractivity contribution is 7.87. The van der Waals surface area contributed by atoms with E-state index in [9.17, 15) is 22.0 Å². The van der Waals surface area contributed by atoms with E-state index >= 15 is 0 Å². The van der Waals surface area contributed by atoms with Gasteiger partial charge in [0, 0.05) is 44.2 Å². The van der Waals surface area contributed by atoms with Gasteiger partial charge in [-0.2, -0.15) is 12.7 Å². The van der Waals surface area contributed by atoms with Gasteiger partial charge in [0.05, 0.1) is 31.1 Å². The number of carbonyl (C=O) groups excluding carboxylic acids is 1. The van der Waals surface area contributed by atoms with Crippen molar-refractivity contribution in [2.45, 2.75) is 45.0 Å². The first-order valence-electron chi connectivity index (χ1n) is 12.9. The van der Waals surface area contributed by atoms with Crippen molar-refractivity contribution in [1.82, 2.24) is 18.4 Å². The van der Waals surface area contributed by atoms with Crippen LogP contribution < -0.4 is 14.4 Å². The Morgan fingerprint density at radius 1 is 1.26 bits per heavy atom. The molecule has 1 aromatic carbocycles. The van der Waals surface area contributed by atoms with Crippen LogP contribution in [-0.4, -0.2) is 73.1 Å². The Hall–Kier alpha value is -3.29. The zero-order valence-corrected chi connectivity index (χ0v) is 22.5. The number of nitrogens with zero attached hydrogens (tertiary/aromatic N) is 4. The Balaban J connectivity index is 1.47. The van der Waals surface area contributed by atoms with Crippen LogP contribution in [0.5, 0.6) is 5.75 Å². The lowest BCUT2D eigenvalue weighted by molar-refractivity contribution is 0.0973. The highest BCUT2D eigenvalue weighted by atomic mass is 32.2. The largest absolute Gasteiger partial charge is 0.488 e. The van der Waals surface area contributed by atoms with Gasteiger partial charge in [0.1, 0.15) is 35.2 Å². The van der Waals surface area contributed by atoms with Crippen LogP contribution >= 0.6 is 0 Å². The minimum atomic E-state index is -4.04. The van der Waals surface area contributed by atoms with Crippen molar-refractivity contribution < 1.29 is 31.5 Å². The summed E-state index contributed by atoms with van der Waals surface area (Å²) in [4.78, 5) is 19.0. The smallest absolute Gasteiger partial charge is 0.304 e. The van der Waals surface area contributed by atoms with Crippen LogP contribution in [-0.2, 0) is 14.9 Å². The van der Waals surface area contributed by atoms with E-state index in [1.165, 1.54) is 22.7 Å². The number of imidazole rings is 1. The number of carbonyl (C=O) groups is 1. The van der Waals surface area contributed by atoms with Crippen molar-refractivity contribution in [2.24, 2.45) is 0 Å². The molecule has 0 saturated carbocycles. The number of alkyl halides is 1. The molecule has 13 heteroatoms. The zero-order valence-electron chi connectivity index (χ0n) is 21.7. The second-order valence-corrected chi connectivity index (χ2v) is 11.2. The third kappa shape index (κ3) is 5.56. The lowest BCUT2D eigenvalue weighted by atomic mass is 10.0. The standard InChI is InChI=1S/C26H31F2N5O5S/c1-3-31(4-2)39(35,36)30-26(34)23-13-29-25-8-6-19(15-33(23)25)32-14-18(28)12-22(32)21-11-17(27)5-7-24(21)38-20-9-10-37-16-20/h5-8,11,13,15,18,20,22H,3-4,9-10,12,14,16H2,1-2H3,(H,30,34)/t18-,20+,22+/m0/s1. The first-order chi connectivity index (χ1) is 18.7. The molecule has 2 aromatic heterocycles. The Morgan fingerprint density at radius 3 is 2.77 bits per heavy atom. The number of pyridine rings is 1. The molecule has 2 saturated heterocycles. The van der Waals surface area contributed by atoms with Gasteiger partial charge in [-0.15, -0.1) is 0 Å². The zero-order chi connectivity index (χ0) is 27.7. The summed E-state index contributed by atoms with van der Waals surface area (Å²) in [6, 6.07) is 7.11. The van der Waals surface area contributed by atoms with Gasteiger partial charge in [0.25, 0.3) is 5.91 Å². The molecule has 2 aliphatic heterocycles. The average molecular weight is 564 g/mol. The molecule has 0 unspecified atom stereocenters. The van der Waals surface area contributed by atoms with Crippen molar-refractivity contribution in [3.8, 4) is 5.75 Å².